The maximum Gasteiger partial charge on any atom is 0.245 e. The maximum atomic E-state index is 6.05. The second-order valence-electron chi connectivity index (χ2n) is 3.81. The molecule has 0 spiro atoms. The van der Waals surface area contributed by atoms with Crippen LogP contribution in [0.1, 0.15) is 11.7 Å². The van der Waals surface area contributed by atoms with E-state index < -0.39 is 0 Å². The second kappa shape index (κ2) is 4.26. The van der Waals surface area contributed by atoms with E-state index >= 15 is 0 Å². The van der Waals surface area contributed by atoms with Crippen LogP contribution in [0.25, 0.3) is 10.2 Å². The monoisotopic (exact) mass is 261 g/mol. The number of anilines is 2. The van der Waals surface area contributed by atoms with Gasteiger partial charge in [-0.15, -0.1) is 11.3 Å². The first-order chi connectivity index (χ1) is 8.74. The molecule has 0 saturated heterocycles. The lowest BCUT2D eigenvalue weighted by atomic mass is 10.2. The van der Waals surface area contributed by atoms with Crippen LogP contribution < -0.4 is 11.1 Å². The van der Waals surface area contributed by atoms with E-state index in [0.29, 0.717) is 23.9 Å². The molecule has 0 aliphatic carbocycles. The normalized spacial score (nSPS) is 10.9. The van der Waals surface area contributed by atoms with Gasteiger partial charge in [-0.3, -0.25) is 0 Å². The van der Waals surface area contributed by atoms with Gasteiger partial charge in [-0.25, -0.2) is 4.98 Å². The molecule has 3 aromatic rings. The molecule has 3 rings (SSSR count). The Morgan fingerprint density at radius 1 is 1.44 bits per heavy atom. The van der Waals surface area contributed by atoms with E-state index in [-0.39, 0.29) is 0 Å². The van der Waals surface area contributed by atoms with Crippen molar-refractivity contribution in [2.45, 2.75) is 13.5 Å². The smallest absolute Gasteiger partial charge is 0.245 e. The predicted molar refractivity (Wildman–Crippen MR) is 70.4 cm³/mol. The Morgan fingerprint density at radius 3 is 3.11 bits per heavy atom. The van der Waals surface area contributed by atoms with Crippen LogP contribution in [-0.2, 0) is 6.54 Å². The third-order valence-electron chi connectivity index (χ3n) is 2.54. The highest BCUT2D eigenvalue weighted by Gasteiger charge is 2.08. The van der Waals surface area contributed by atoms with Gasteiger partial charge in [-0.05, 0) is 19.1 Å². The molecule has 0 bridgehead atoms. The van der Waals surface area contributed by atoms with Crippen molar-refractivity contribution in [2.75, 3.05) is 11.1 Å². The van der Waals surface area contributed by atoms with E-state index in [4.69, 9.17) is 10.3 Å². The topological polar surface area (TPSA) is 89.9 Å². The molecule has 1 aromatic carbocycles. The SMILES string of the molecule is Cc1noc(CNc2ccc3scnc3c2N)n1. The number of nitrogens with one attached hydrogen (secondary N) is 1. The fraction of sp³-hybridized carbons (Fsp3) is 0.182. The average molecular weight is 261 g/mol. The summed E-state index contributed by atoms with van der Waals surface area (Å²) in [5.74, 6) is 1.15. The van der Waals surface area contributed by atoms with Crippen molar-refractivity contribution in [1.29, 1.82) is 0 Å². The largest absolute Gasteiger partial charge is 0.395 e. The number of hydrogen-bond acceptors (Lipinski definition) is 7. The molecular weight excluding hydrogens is 250 g/mol. The van der Waals surface area contributed by atoms with Crippen LogP contribution in [0, 0.1) is 6.92 Å². The number of nitrogen functional groups attached to an aromatic ring is 1. The summed E-state index contributed by atoms with van der Waals surface area (Å²) < 4.78 is 6.10. The third-order valence-corrected chi connectivity index (χ3v) is 3.34. The Morgan fingerprint density at radius 2 is 2.33 bits per heavy atom. The quantitative estimate of drug-likeness (QED) is 0.702. The standard InChI is InChI=1S/C11H11N5OS/c1-6-15-9(17-16-6)4-13-7-2-3-8-11(10(7)12)14-5-18-8/h2-3,5,13H,4,12H2,1H3. The van der Waals surface area contributed by atoms with Crippen molar-refractivity contribution in [3.05, 3.63) is 29.4 Å². The van der Waals surface area contributed by atoms with E-state index in [1.54, 1.807) is 23.8 Å². The van der Waals surface area contributed by atoms with Gasteiger partial charge in [0.2, 0.25) is 5.89 Å². The zero-order valence-corrected chi connectivity index (χ0v) is 10.5. The number of nitrogens with two attached hydrogens (primary N) is 1. The number of benzene rings is 1. The summed E-state index contributed by atoms with van der Waals surface area (Å²) in [4.78, 5) is 8.35. The number of aryl methyl sites for hydroxylation is 1. The molecule has 18 heavy (non-hydrogen) atoms. The van der Waals surface area contributed by atoms with Crippen LogP contribution in [-0.4, -0.2) is 15.1 Å². The number of fused-ring (bicyclic) bond motifs is 1. The predicted octanol–water partition coefficient (Wildman–Crippen LogP) is 2.18. The van der Waals surface area contributed by atoms with Gasteiger partial charge in [0.1, 0.15) is 5.52 Å². The fourth-order valence-corrected chi connectivity index (χ4v) is 2.38. The van der Waals surface area contributed by atoms with E-state index in [1.807, 2.05) is 12.1 Å². The molecule has 7 heteroatoms. The molecule has 0 unspecified atom stereocenters. The van der Waals surface area contributed by atoms with E-state index in [1.165, 1.54) is 0 Å². The van der Waals surface area contributed by atoms with Gasteiger partial charge in [0.05, 0.1) is 28.1 Å². The lowest BCUT2D eigenvalue weighted by Crippen LogP contribution is -2.03. The first-order valence-corrected chi connectivity index (χ1v) is 6.27. The van der Waals surface area contributed by atoms with Crippen molar-refractivity contribution >= 4 is 32.9 Å². The van der Waals surface area contributed by atoms with Gasteiger partial charge in [0, 0.05) is 0 Å². The third kappa shape index (κ3) is 1.88. The summed E-state index contributed by atoms with van der Waals surface area (Å²) in [5, 5.41) is 6.89. The van der Waals surface area contributed by atoms with Crippen molar-refractivity contribution < 1.29 is 4.52 Å². The van der Waals surface area contributed by atoms with Crippen molar-refractivity contribution in [1.82, 2.24) is 15.1 Å². The number of nitrogens with zero attached hydrogens (tertiary/aromatic N) is 3. The highest BCUT2D eigenvalue weighted by atomic mass is 32.1. The molecule has 0 fully saturated rings. The van der Waals surface area contributed by atoms with Gasteiger partial charge < -0.3 is 15.6 Å². The molecule has 0 aliphatic rings. The Labute approximate surface area is 107 Å². The van der Waals surface area contributed by atoms with Crippen LogP contribution in [0.5, 0.6) is 0 Å². The van der Waals surface area contributed by atoms with E-state index in [0.717, 1.165) is 15.9 Å². The molecular formula is C11H11N5OS. The summed E-state index contributed by atoms with van der Waals surface area (Å²) >= 11 is 1.57. The van der Waals surface area contributed by atoms with Gasteiger partial charge in [0.25, 0.3) is 0 Å². The Bertz CT molecular complexity index is 690. The maximum absolute atomic E-state index is 6.05. The number of thiazole rings is 1. The molecule has 2 aromatic heterocycles. The lowest BCUT2D eigenvalue weighted by Gasteiger charge is -2.07. The van der Waals surface area contributed by atoms with Crippen molar-refractivity contribution in [3.8, 4) is 0 Å². The molecule has 0 aliphatic heterocycles. The highest BCUT2D eigenvalue weighted by Crippen LogP contribution is 2.30. The van der Waals surface area contributed by atoms with E-state index in [9.17, 15) is 0 Å². The second-order valence-corrected chi connectivity index (χ2v) is 4.70. The van der Waals surface area contributed by atoms with Gasteiger partial charge >= 0.3 is 0 Å². The van der Waals surface area contributed by atoms with Crippen molar-refractivity contribution in [3.63, 3.8) is 0 Å². The minimum atomic E-state index is 0.445. The molecule has 3 N–H and O–H groups in total. The van der Waals surface area contributed by atoms with Crippen molar-refractivity contribution in [2.24, 2.45) is 0 Å². The minimum absolute atomic E-state index is 0.445. The zero-order valence-electron chi connectivity index (χ0n) is 9.67. The lowest BCUT2D eigenvalue weighted by molar-refractivity contribution is 0.379. The van der Waals surface area contributed by atoms with Gasteiger partial charge in [-0.2, -0.15) is 4.98 Å². The number of hydrogen-bond donors (Lipinski definition) is 2. The van der Waals surface area contributed by atoms with Crippen LogP contribution in [0.2, 0.25) is 0 Å². The van der Waals surface area contributed by atoms with E-state index in [2.05, 4.69) is 20.4 Å². The molecule has 92 valence electrons. The molecule has 0 radical (unpaired) electrons. The van der Waals surface area contributed by atoms with Crippen LogP contribution in [0.3, 0.4) is 0 Å². The first kappa shape index (κ1) is 11.0. The average Bonchev–Trinajstić information content (AvgIpc) is 2.97. The van der Waals surface area contributed by atoms with Crippen LogP contribution in [0.15, 0.2) is 22.2 Å². The molecule has 2 heterocycles. The van der Waals surface area contributed by atoms with Crippen LogP contribution in [0.4, 0.5) is 11.4 Å². The summed E-state index contributed by atoms with van der Waals surface area (Å²) in [6, 6.07) is 3.92. The molecule has 0 atom stereocenters. The molecule has 6 nitrogen and oxygen atoms in total. The Balaban J connectivity index is 1.84. The zero-order chi connectivity index (χ0) is 12.5. The van der Waals surface area contributed by atoms with Gasteiger partial charge in [0.15, 0.2) is 5.82 Å². The summed E-state index contributed by atoms with van der Waals surface area (Å²) in [6.07, 6.45) is 0. The first-order valence-electron chi connectivity index (χ1n) is 5.39. The Kier molecular flexibility index (Phi) is 2.60. The summed E-state index contributed by atoms with van der Waals surface area (Å²) in [7, 11) is 0. The molecule has 0 amide bonds. The highest BCUT2D eigenvalue weighted by molar-refractivity contribution is 7.16. The molecule has 0 saturated carbocycles. The summed E-state index contributed by atoms with van der Waals surface area (Å²) in [6.45, 7) is 2.23. The minimum Gasteiger partial charge on any atom is -0.395 e. The number of aromatic nitrogens is 3. The summed E-state index contributed by atoms with van der Waals surface area (Å²) in [5.41, 5.74) is 10.1. The Hall–Kier alpha value is -2.15. The fourth-order valence-electron chi connectivity index (χ4n) is 1.69. The number of rotatable bonds is 3. The van der Waals surface area contributed by atoms with Gasteiger partial charge in [-0.1, -0.05) is 5.16 Å². The van der Waals surface area contributed by atoms with Crippen LogP contribution >= 0.6 is 11.3 Å².